The lowest BCUT2D eigenvalue weighted by atomic mass is 9.72. The van der Waals surface area contributed by atoms with E-state index in [1.54, 1.807) is 12.1 Å². The van der Waals surface area contributed by atoms with Crippen molar-refractivity contribution in [1.29, 1.82) is 0 Å². The zero-order valence-electron chi connectivity index (χ0n) is 17.4. The zero-order valence-corrected chi connectivity index (χ0v) is 18.2. The lowest BCUT2D eigenvalue weighted by Crippen LogP contribution is -2.51. The Labute approximate surface area is 186 Å². The van der Waals surface area contributed by atoms with Crippen LogP contribution in [0.4, 0.5) is 4.39 Å². The van der Waals surface area contributed by atoms with Gasteiger partial charge in [-0.05, 0) is 85.9 Å². The molecule has 4 nitrogen and oxygen atoms in total. The number of halogens is 2. The number of aliphatic hydroxyl groups is 1. The van der Waals surface area contributed by atoms with Gasteiger partial charge in [0.1, 0.15) is 11.6 Å². The third-order valence-corrected chi connectivity index (χ3v) is 7.52. The van der Waals surface area contributed by atoms with Gasteiger partial charge in [0.15, 0.2) is 0 Å². The summed E-state index contributed by atoms with van der Waals surface area (Å²) < 4.78 is 19.6. The summed E-state index contributed by atoms with van der Waals surface area (Å²) in [6.07, 6.45) is 5.12. The van der Waals surface area contributed by atoms with Crippen LogP contribution in [0.2, 0.25) is 5.02 Å². The van der Waals surface area contributed by atoms with E-state index < -0.39 is 11.4 Å². The standard InChI is InChI=1S/C25H25ClFNO3/c1-15-3-4-16(17-5-6-20(27)19(26)14-17)13-18(15)21-22(29)25(28-23(21)30)10-8-24(9-11-25)7-2-12-31-24/h3-6,13-14,29H,2,7-12H2,1H3,(H,28,30). The molecular weight excluding hydrogens is 417 g/mol. The number of amides is 1. The Balaban J connectivity index is 1.52. The molecule has 3 aliphatic rings. The molecule has 2 spiro atoms. The van der Waals surface area contributed by atoms with Crippen molar-refractivity contribution in [2.75, 3.05) is 6.61 Å². The molecule has 162 valence electrons. The largest absolute Gasteiger partial charge is 0.509 e. The van der Waals surface area contributed by atoms with Crippen LogP contribution in [-0.2, 0) is 9.53 Å². The van der Waals surface area contributed by atoms with Gasteiger partial charge in [0, 0.05) is 6.61 Å². The van der Waals surface area contributed by atoms with Gasteiger partial charge in [-0.1, -0.05) is 29.8 Å². The molecule has 0 atom stereocenters. The number of benzene rings is 2. The number of aliphatic hydroxyl groups excluding tert-OH is 1. The summed E-state index contributed by atoms with van der Waals surface area (Å²) in [7, 11) is 0. The number of nitrogens with one attached hydrogen (secondary N) is 1. The first kappa shape index (κ1) is 20.5. The summed E-state index contributed by atoms with van der Waals surface area (Å²) in [5, 5.41) is 14.4. The van der Waals surface area contributed by atoms with E-state index in [2.05, 4.69) is 5.32 Å². The highest BCUT2D eigenvalue weighted by Crippen LogP contribution is 2.48. The van der Waals surface area contributed by atoms with Gasteiger partial charge < -0.3 is 15.2 Å². The van der Waals surface area contributed by atoms with Crippen molar-refractivity contribution >= 4 is 23.1 Å². The van der Waals surface area contributed by atoms with Gasteiger partial charge in [-0.15, -0.1) is 0 Å². The molecule has 31 heavy (non-hydrogen) atoms. The van der Waals surface area contributed by atoms with Crippen LogP contribution >= 0.6 is 11.6 Å². The quantitative estimate of drug-likeness (QED) is 0.627. The Morgan fingerprint density at radius 2 is 1.77 bits per heavy atom. The molecular formula is C25H25ClFNO3. The molecule has 6 heteroatoms. The summed E-state index contributed by atoms with van der Waals surface area (Å²) in [6, 6.07) is 10.2. The molecule has 2 fully saturated rings. The number of carbonyl (C=O) groups excluding carboxylic acids is 1. The zero-order chi connectivity index (χ0) is 21.8. The molecule has 0 radical (unpaired) electrons. The Morgan fingerprint density at radius 3 is 2.45 bits per heavy atom. The van der Waals surface area contributed by atoms with E-state index >= 15 is 0 Å². The second-order valence-electron chi connectivity index (χ2n) is 9.05. The van der Waals surface area contributed by atoms with Crippen LogP contribution in [0.15, 0.2) is 42.2 Å². The summed E-state index contributed by atoms with van der Waals surface area (Å²) in [4.78, 5) is 13.0. The summed E-state index contributed by atoms with van der Waals surface area (Å²) in [5.74, 6) is -0.600. The average molecular weight is 442 g/mol. The SMILES string of the molecule is Cc1ccc(-c2ccc(F)c(Cl)c2)cc1C1=C(O)C2(CCC3(CCCO3)CC2)NC1=O. The second kappa shape index (κ2) is 7.35. The molecule has 2 aromatic carbocycles. The van der Waals surface area contributed by atoms with E-state index in [1.165, 1.54) is 6.07 Å². The molecule has 0 bridgehead atoms. The molecule has 2 aromatic rings. The van der Waals surface area contributed by atoms with Crippen LogP contribution in [-0.4, -0.2) is 28.8 Å². The van der Waals surface area contributed by atoms with E-state index in [0.717, 1.165) is 49.0 Å². The van der Waals surface area contributed by atoms with E-state index in [0.29, 0.717) is 24.0 Å². The van der Waals surface area contributed by atoms with Gasteiger partial charge in [-0.25, -0.2) is 4.39 Å². The minimum absolute atomic E-state index is 0.0458. The number of rotatable bonds is 2. The number of hydrogen-bond donors (Lipinski definition) is 2. The third-order valence-electron chi connectivity index (χ3n) is 7.23. The van der Waals surface area contributed by atoms with E-state index in [1.807, 2.05) is 25.1 Å². The van der Waals surface area contributed by atoms with Crippen LogP contribution in [0.1, 0.15) is 49.7 Å². The van der Waals surface area contributed by atoms with Gasteiger partial charge in [-0.2, -0.15) is 0 Å². The van der Waals surface area contributed by atoms with Crippen molar-refractivity contribution < 1.29 is 19.0 Å². The summed E-state index contributed by atoms with van der Waals surface area (Å²) >= 11 is 5.96. The highest BCUT2D eigenvalue weighted by molar-refractivity contribution is 6.31. The summed E-state index contributed by atoms with van der Waals surface area (Å²) in [6.45, 7) is 2.71. The van der Waals surface area contributed by atoms with Gasteiger partial charge in [-0.3, -0.25) is 4.79 Å². The first-order valence-corrected chi connectivity index (χ1v) is 11.2. The molecule has 1 aliphatic carbocycles. The van der Waals surface area contributed by atoms with Crippen LogP contribution < -0.4 is 5.32 Å². The monoisotopic (exact) mass is 441 g/mol. The molecule has 2 heterocycles. The Kier molecular flexibility index (Phi) is 4.87. The molecule has 1 saturated heterocycles. The molecule has 2 N–H and O–H groups in total. The average Bonchev–Trinajstić information content (AvgIpc) is 3.30. The van der Waals surface area contributed by atoms with E-state index in [4.69, 9.17) is 16.3 Å². The van der Waals surface area contributed by atoms with Gasteiger partial charge in [0.05, 0.1) is 21.7 Å². The minimum Gasteiger partial charge on any atom is -0.509 e. The summed E-state index contributed by atoms with van der Waals surface area (Å²) in [5.41, 5.74) is 2.65. The van der Waals surface area contributed by atoms with E-state index in [9.17, 15) is 14.3 Å². The molecule has 0 aromatic heterocycles. The highest BCUT2D eigenvalue weighted by Gasteiger charge is 2.52. The predicted molar refractivity (Wildman–Crippen MR) is 118 cm³/mol. The van der Waals surface area contributed by atoms with Gasteiger partial charge in [0.2, 0.25) is 0 Å². The fraction of sp³-hybridized carbons (Fsp3) is 0.400. The predicted octanol–water partition coefficient (Wildman–Crippen LogP) is 5.72. The Morgan fingerprint density at radius 1 is 1.06 bits per heavy atom. The van der Waals surface area contributed by atoms with Crippen molar-refractivity contribution in [1.82, 2.24) is 5.32 Å². The third kappa shape index (κ3) is 3.35. The molecule has 5 rings (SSSR count). The van der Waals surface area contributed by atoms with Crippen molar-refractivity contribution in [3.8, 4) is 11.1 Å². The van der Waals surface area contributed by atoms with Crippen molar-refractivity contribution in [2.45, 2.75) is 56.6 Å². The topological polar surface area (TPSA) is 58.6 Å². The van der Waals surface area contributed by atoms with Crippen LogP contribution in [0.25, 0.3) is 16.7 Å². The smallest absolute Gasteiger partial charge is 0.256 e. The number of hydrogen-bond acceptors (Lipinski definition) is 3. The Hall–Kier alpha value is -2.37. The first-order valence-electron chi connectivity index (χ1n) is 10.8. The maximum Gasteiger partial charge on any atom is 0.256 e. The van der Waals surface area contributed by atoms with Crippen LogP contribution in [0.5, 0.6) is 0 Å². The number of carbonyl (C=O) groups is 1. The van der Waals surface area contributed by atoms with Crippen molar-refractivity contribution in [3.05, 3.63) is 64.1 Å². The minimum atomic E-state index is -0.717. The Bertz CT molecular complexity index is 1090. The number of aryl methyl sites for hydroxylation is 1. The molecule has 1 saturated carbocycles. The molecule has 2 aliphatic heterocycles. The highest BCUT2D eigenvalue weighted by atomic mass is 35.5. The van der Waals surface area contributed by atoms with Crippen LogP contribution in [0, 0.1) is 12.7 Å². The van der Waals surface area contributed by atoms with Crippen molar-refractivity contribution in [2.24, 2.45) is 0 Å². The van der Waals surface area contributed by atoms with Gasteiger partial charge >= 0.3 is 0 Å². The lowest BCUT2D eigenvalue weighted by molar-refractivity contribution is -0.117. The number of ether oxygens (including phenoxy) is 1. The fourth-order valence-corrected chi connectivity index (χ4v) is 5.51. The molecule has 1 amide bonds. The normalized spacial score (nSPS) is 28.0. The maximum absolute atomic E-state index is 13.6. The van der Waals surface area contributed by atoms with Gasteiger partial charge in [0.25, 0.3) is 5.91 Å². The second-order valence-corrected chi connectivity index (χ2v) is 9.46. The van der Waals surface area contributed by atoms with Crippen LogP contribution in [0.3, 0.4) is 0 Å². The van der Waals surface area contributed by atoms with E-state index in [-0.39, 0.29) is 22.3 Å². The lowest BCUT2D eigenvalue weighted by Gasteiger charge is -2.42. The molecule has 0 unspecified atom stereocenters. The maximum atomic E-state index is 13.6. The fourth-order valence-electron chi connectivity index (χ4n) is 5.33. The first-order chi connectivity index (χ1) is 14.8. The van der Waals surface area contributed by atoms with Crippen molar-refractivity contribution in [3.63, 3.8) is 0 Å².